The Hall–Kier alpha value is -1.000. The van der Waals surface area contributed by atoms with Gasteiger partial charge in [0.05, 0.1) is 17.9 Å². The van der Waals surface area contributed by atoms with Gasteiger partial charge in [0.15, 0.2) is 0 Å². The van der Waals surface area contributed by atoms with Gasteiger partial charge in [-0.1, -0.05) is 12.1 Å². The molecule has 1 aromatic carbocycles. The molecule has 0 fully saturated rings. The molecule has 2 nitrogen and oxygen atoms in total. The summed E-state index contributed by atoms with van der Waals surface area (Å²) < 4.78 is 5.58. The molecule has 0 aliphatic heterocycles. The number of thiazole rings is 1. The normalized spacial score (nSPS) is 10.4. The summed E-state index contributed by atoms with van der Waals surface area (Å²) >= 11 is 5.84. The Labute approximate surface area is 105 Å². The molecule has 0 amide bonds. The van der Waals surface area contributed by atoms with Crippen LogP contribution >= 0.6 is 24.0 Å². The second kappa shape index (κ2) is 5.37. The van der Waals surface area contributed by atoms with Crippen LogP contribution < -0.4 is 4.74 Å². The second-order valence-electron chi connectivity index (χ2n) is 3.23. The standard InChI is InChI=1S/C12H13NOS2/c1-2-14-11-6-4-3-5-10(11)12-13-9(7-15)8-16-12/h3-6,8,15H,2,7H2,1H3. The van der Waals surface area contributed by atoms with Crippen LogP contribution in [0.25, 0.3) is 10.6 Å². The maximum atomic E-state index is 5.58. The summed E-state index contributed by atoms with van der Waals surface area (Å²) in [5, 5.41) is 3.03. The third-order valence-corrected chi connectivity index (χ3v) is 3.38. The second-order valence-corrected chi connectivity index (χ2v) is 4.41. The van der Waals surface area contributed by atoms with Crippen LogP contribution in [0, 0.1) is 0 Å². The number of nitrogens with zero attached hydrogens (tertiary/aromatic N) is 1. The predicted octanol–water partition coefficient (Wildman–Crippen LogP) is 3.64. The summed E-state index contributed by atoms with van der Waals surface area (Å²) in [6.07, 6.45) is 0. The van der Waals surface area contributed by atoms with Crippen molar-refractivity contribution in [3.05, 3.63) is 35.3 Å². The van der Waals surface area contributed by atoms with Gasteiger partial charge < -0.3 is 4.74 Å². The van der Waals surface area contributed by atoms with Crippen molar-refractivity contribution >= 4 is 24.0 Å². The number of hydrogen-bond donors (Lipinski definition) is 1. The minimum absolute atomic E-state index is 0.668. The maximum Gasteiger partial charge on any atom is 0.129 e. The monoisotopic (exact) mass is 251 g/mol. The molecule has 0 bridgehead atoms. The maximum absolute atomic E-state index is 5.58. The Morgan fingerprint density at radius 1 is 1.38 bits per heavy atom. The van der Waals surface area contributed by atoms with E-state index < -0.39 is 0 Å². The molecule has 1 aromatic heterocycles. The highest BCUT2D eigenvalue weighted by molar-refractivity contribution is 7.79. The van der Waals surface area contributed by atoms with Gasteiger partial charge in [0, 0.05) is 11.1 Å². The van der Waals surface area contributed by atoms with Gasteiger partial charge in [-0.05, 0) is 19.1 Å². The molecule has 0 aliphatic rings. The fourth-order valence-corrected chi connectivity index (χ4v) is 2.56. The van der Waals surface area contributed by atoms with Crippen molar-refractivity contribution in [1.29, 1.82) is 0 Å². The lowest BCUT2D eigenvalue weighted by atomic mass is 10.2. The quantitative estimate of drug-likeness (QED) is 0.838. The Bertz CT molecular complexity index is 468. The molecule has 0 unspecified atom stereocenters. The number of rotatable bonds is 4. The summed E-state index contributed by atoms with van der Waals surface area (Å²) in [7, 11) is 0. The fourth-order valence-electron chi connectivity index (χ4n) is 1.43. The zero-order valence-electron chi connectivity index (χ0n) is 9.01. The van der Waals surface area contributed by atoms with Gasteiger partial charge in [-0.25, -0.2) is 4.98 Å². The molecule has 0 radical (unpaired) electrons. The van der Waals surface area contributed by atoms with Crippen LogP contribution in [0.5, 0.6) is 5.75 Å². The third-order valence-electron chi connectivity index (χ3n) is 2.13. The first-order valence-corrected chi connectivity index (χ1v) is 6.63. The number of para-hydroxylation sites is 1. The zero-order chi connectivity index (χ0) is 11.4. The molecule has 0 saturated carbocycles. The van der Waals surface area contributed by atoms with Crippen LogP contribution in [0.2, 0.25) is 0 Å². The molecule has 2 aromatic rings. The van der Waals surface area contributed by atoms with Crippen LogP contribution in [0.4, 0.5) is 0 Å². The topological polar surface area (TPSA) is 22.1 Å². The van der Waals surface area contributed by atoms with Crippen LogP contribution in [0.15, 0.2) is 29.6 Å². The Balaban J connectivity index is 2.38. The molecule has 1 heterocycles. The van der Waals surface area contributed by atoms with E-state index in [1.54, 1.807) is 11.3 Å². The molecule has 84 valence electrons. The van der Waals surface area contributed by atoms with Crippen molar-refractivity contribution in [2.75, 3.05) is 6.61 Å². The molecule has 4 heteroatoms. The number of thiol groups is 1. The average Bonchev–Trinajstić information content (AvgIpc) is 2.79. The van der Waals surface area contributed by atoms with Crippen LogP contribution in [0.3, 0.4) is 0 Å². The fraction of sp³-hybridized carbons (Fsp3) is 0.250. The van der Waals surface area contributed by atoms with Crippen molar-refractivity contribution in [1.82, 2.24) is 4.98 Å². The highest BCUT2D eigenvalue weighted by Crippen LogP contribution is 2.32. The number of hydrogen-bond acceptors (Lipinski definition) is 4. The number of aromatic nitrogens is 1. The van der Waals surface area contributed by atoms with E-state index in [1.165, 1.54) is 0 Å². The van der Waals surface area contributed by atoms with E-state index >= 15 is 0 Å². The average molecular weight is 251 g/mol. The lowest BCUT2D eigenvalue weighted by Crippen LogP contribution is -1.93. The molecule has 2 rings (SSSR count). The zero-order valence-corrected chi connectivity index (χ0v) is 10.7. The number of ether oxygens (including phenoxy) is 1. The predicted molar refractivity (Wildman–Crippen MR) is 71.4 cm³/mol. The largest absolute Gasteiger partial charge is 0.493 e. The van der Waals surface area contributed by atoms with Crippen molar-refractivity contribution in [3.8, 4) is 16.3 Å². The SMILES string of the molecule is CCOc1ccccc1-c1nc(CS)cs1. The van der Waals surface area contributed by atoms with Crippen molar-refractivity contribution in [2.45, 2.75) is 12.7 Å². The minimum Gasteiger partial charge on any atom is -0.493 e. The molecule has 0 saturated heterocycles. The van der Waals surface area contributed by atoms with E-state index in [0.717, 1.165) is 22.0 Å². The first-order valence-electron chi connectivity index (χ1n) is 5.12. The Morgan fingerprint density at radius 3 is 2.88 bits per heavy atom. The summed E-state index contributed by atoms with van der Waals surface area (Å²) in [5.74, 6) is 1.57. The summed E-state index contributed by atoms with van der Waals surface area (Å²) in [4.78, 5) is 4.50. The van der Waals surface area contributed by atoms with Gasteiger partial charge >= 0.3 is 0 Å². The van der Waals surface area contributed by atoms with Crippen LogP contribution in [-0.4, -0.2) is 11.6 Å². The summed E-state index contributed by atoms with van der Waals surface area (Å²) in [6.45, 7) is 2.65. The first-order chi connectivity index (χ1) is 7.85. The van der Waals surface area contributed by atoms with Gasteiger partial charge in [-0.2, -0.15) is 12.6 Å². The highest BCUT2D eigenvalue weighted by Gasteiger charge is 2.09. The van der Waals surface area contributed by atoms with Crippen molar-refractivity contribution < 1.29 is 4.74 Å². The molecular formula is C12H13NOS2. The first kappa shape index (κ1) is 11.5. The minimum atomic E-state index is 0.668. The molecule has 0 atom stereocenters. The molecular weight excluding hydrogens is 238 g/mol. The van der Waals surface area contributed by atoms with E-state index in [1.807, 2.05) is 36.6 Å². The summed E-state index contributed by atoms with van der Waals surface area (Å²) in [6, 6.07) is 7.98. The van der Waals surface area contributed by atoms with E-state index in [0.29, 0.717) is 12.4 Å². The summed E-state index contributed by atoms with van der Waals surface area (Å²) in [5.41, 5.74) is 2.07. The lowest BCUT2D eigenvalue weighted by Gasteiger charge is -2.07. The Morgan fingerprint density at radius 2 is 2.19 bits per heavy atom. The molecule has 0 spiro atoms. The Kier molecular flexibility index (Phi) is 3.85. The van der Waals surface area contributed by atoms with Crippen molar-refractivity contribution in [3.63, 3.8) is 0 Å². The third kappa shape index (κ3) is 2.39. The van der Waals surface area contributed by atoms with E-state index in [2.05, 4.69) is 17.6 Å². The lowest BCUT2D eigenvalue weighted by molar-refractivity contribution is 0.341. The van der Waals surface area contributed by atoms with Crippen LogP contribution in [0.1, 0.15) is 12.6 Å². The van der Waals surface area contributed by atoms with E-state index in [4.69, 9.17) is 4.74 Å². The van der Waals surface area contributed by atoms with Gasteiger partial charge in [0.25, 0.3) is 0 Å². The molecule has 16 heavy (non-hydrogen) atoms. The van der Waals surface area contributed by atoms with Gasteiger partial charge in [-0.3, -0.25) is 0 Å². The molecule has 0 N–H and O–H groups in total. The van der Waals surface area contributed by atoms with Gasteiger partial charge in [0.2, 0.25) is 0 Å². The van der Waals surface area contributed by atoms with Crippen LogP contribution in [-0.2, 0) is 5.75 Å². The number of benzene rings is 1. The van der Waals surface area contributed by atoms with Gasteiger partial charge in [0.1, 0.15) is 10.8 Å². The smallest absolute Gasteiger partial charge is 0.129 e. The molecule has 0 aliphatic carbocycles. The van der Waals surface area contributed by atoms with Crippen molar-refractivity contribution in [2.24, 2.45) is 0 Å². The van der Waals surface area contributed by atoms with E-state index in [9.17, 15) is 0 Å². The van der Waals surface area contributed by atoms with Gasteiger partial charge in [-0.15, -0.1) is 11.3 Å². The highest BCUT2D eigenvalue weighted by atomic mass is 32.1. The van der Waals surface area contributed by atoms with E-state index in [-0.39, 0.29) is 0 Å².